The van der Waals surface area contributed by atoms with Crippen LogP contribution in [0.5, 0.6) is 0 Å². The molecule has 0 saturated carbocycles. The highest BCUT2D eigenvalue weighted by Crippen LogP contribution is 2.17. The van der Waals surface area contributed by atoms with E-state index >= 15 is 0 Å². The average molecular weight is 319 g/mol. The normalized spacial score (nSPS) is 17.7. The first-order valence-corrected chi connectivity index (χ1v) is 8.10. The summed E-state index contributed by atoms with van der Waals surface area (Å²) in [7, 11) is 0. The van der Waals surface area contributed by atoms with Crippen molar-refractivity contribution in [2.24, 2.45) is 5.73 Å². The second-order valence-corrected chi connectivity index (χ2v) is 5.67. The standard InChI is InChI=1S/C17H25N3O3/c1-2-20(16(21)11-18)15-9-6-10-19(12-15)17(22)23-13-14-7-4-3-5-8-14/h3-5,7-8,15H,2,6,9-13,18H2,1H3. The Labute approximate surface area is 137 Å². The van der Waals surface area contributed by atoms with Crippen LogP contribution in [0.25, 0.3) is 0 Å². The minimum atomic E-state index is -0.324. The van der Waals surface area contributed by atoms with Crippen LogP contribution in [0.3, 0.4) is 0 Å². The van der Waals surface area contributed by atoms with E-state index in [0.29, 0.717) is 19.6 Å². The van der Waals surface area contributed by atoms with Gasteiger partial charge in [0.25, 0.3) is 0 Å². The van der Waals surface area contributed by atoms with Crippen molar-refractivity contribution in [3.05, 3.63) is 35.9 Å². The van der Waals surface area contributed by atoms with Crippen LogP contribution in [0.2, 0.25) is 0 Å². The van der Waals surface area contributed by atoms with Crippen LogP contribution < -0.4 is 5.73 Å². The summed E-state index contributed by atoms with van der Waals surface area (Å²) in [4.78, 5) is 27.6. The van der Waals surface area contributed by atoms with Gasteiger partial charge < -0.3 is 20.3 Å². The van der Waals surface area contributed by atoms with Gasteiger partial charge >= 0.3 is 6.09 Å². The van der Waals surface area contributed by atoms with Gasteiger partial charge in [0, 0.05) is 25.7 Å². The van der Waals surface area contributed by atoms with Gasteiger partial charge in [0.2, 0.25) is 5.91 Å². The first-order chi connectivity index (χ1) is 11.2. The maximum absolute atomic E-state index is 12.2. The zero-order valence-corrected chi connectivity index (χ0v) is 13.6. The van der Waals surface area contributed by atoms with Crippen molar-refractivity contribution in [3.63, 3.8) is 0 Å². The number of rotatable bonds is 5. The molecule has 2 N–H and O–H groups in total. The molecule has 6 heteroatoms. The number of ether oxygens (including phenoxy) is 1. The fourth-order valence-corrected chi connectivity index (χ4v) is 2.94. The van der Waals surface area contributed by atoms with Crippen LogP contribution in [0.1, 0.15) is 25.3 Å². The fraction of sp³-hybridized carbons (Fsp3) is 0.529. The van der Waals surface area contributed by atoms with E-state index in [1.54, 1.807) is 9.80 Å². The van der Waals surface area contributed by atoms with Gasteiger partial charge in [-0.2, -0.15) is 0 Å². The lowest BCUT2D eigenvalue weighted by molar-refractivity contribution is -0.132. The minimum absolute atomic E-state index is 0.00277. The van der Waals surface area contributed by atoms with Gasteiger partial charge in [-0.3, -0.25) is 4.79 Å². The summed E-state index contributed by atoms with van der Waals surface area (Å²) in [5.41, 5.74) is 6.43. The van der Waals surface area contributed by atoms with E-state index in [1.807, 2.05) is 37.3 Å². The number of nitrogens with zero attached hydrogens (tertiary/aromatic N) is 2. The molecule has 6 nitrogen and oxygen atoms in total. The topological polar surface area (TPSA) is 75.9 Å². The lowest BCUT2D eigenvalue weighted by atomic mass is 10.0. The Kier molecular flexibility index (Phi) is 6.40. The monoisotopic (exact) mass is 319 g/mol. The molecular formula is C17H25N3O3. The molecule has 0 spiro atoms. The third-order valence-electron chi connectivity index (χ3n) is 4.14. The van der Waals surface area contributed by atoms with Crippen molar-refractivity contribution in [2.45, 2.75) is 32.4 Å². The quantitative estimate of drug-likeness (QED) is 0.894. The number of likely N-dealkylation sites (N-methyl/N-ethyl adjacent to an activating group) is 1. The van der Waals surface area contributed by atoms with Gasteiger partial charge in [-0.15, -0.1) is 0 Å². The van der Waals surface area contributed by atoms with Gasteiger partial charge in [0.1, 0.15) is 6.61 Å². The molecule has 1 aromatic carbocycles. The molecule has 1 atom stereocenters. The number of hydrogen-bond acceptors (Lipinski definition) is 4. The fourth-order valence-electron chi connectivity index (χ4n) is 2.94. The van der Waals surface area contributed by atoms with E-state index in [0.717, 1.165) is 18.4 Å². The van der Waals surface area contributed by atoms with Crippen LogP contribution in [-0.2, 0) is 16.1 Å². The van der Waals surface area contributed by atoms with Crippen LogP contribution >= 0.6 is 0 Å². The second-order valence-electron chi connectivity index (χ2n) is 5.67. The van der Waals surface area contributed by atoms with Gasteiger partial charge in [-0.05, 0) is 25.3 Å². The Morgan fingerprint density at radius 2 is 2.09 bits per heavy atom. The predicted octanol–water partition coefficient (Wildman–Crippen LogP) is 1.59. The van der Waals surface area contributed by atoms with Gasteiger partial charge in [0.05, 0.1) is 6.54 Å². The van der Waals surface area contributed by atoms with E-state index in [9.17, 15) is 9.59 Å². The number of hydrogen-bond donors (Lipinski definition) is 1. The number of amides is 2. The Morgan fingerprint density at radius 3 is 2.74 bits per heavy atom. The molecule has 1 aromatic rings. The van der Waals surface area contributed by atoms with E-state index < -0.39 is 0 Å². The second kappa shape index (κ2) is 8.53. The SMILES string of the molecule is CCN(C(=O)CN)C1CCCN(C(=O)OCc2ccccc2)C1. The van der Waals surface area contributed by atoms with E-state index in [2.05, 4.69) is 0 Å². The number of benzene rings is 1. The largest absolute Gasteiger partial charge is 0.445 e. The molecule has 1 aliphatic rings. The van der Waals surface area contributed by atoms with E-state index in [1.165, 1.54) is 0 Å². The third kappa shape index (κ3) is 4.69. The van der Waals surface area contributed by atoms with Crippen molar-refractivity contribution in [2.75, 3.05) is 26.2 Å². The van der Waals surface area contributed by atoms with Gasteiger partial charge in [0.15, 0.2) is 0 Å². The van der Waals surface area contributed by atoms with Crippen molar-refractivity contribution in [1.29, 1.82) is 0 Å². The molecule has 2 rings (SSSR count). The van der Waals surface area contributed by atoms with E-state index in [4.69, 9.17) is 10.5 Å². The van der Waals surface area contributed by atoms with E-state index in [-0.39, 0.29) is 31.2 Å². The zero-order valence-electron chi connectivity index (χ0n) is 13.6. The molecule has 126 valence electrons. The number of likely N-dealkylation sites (tertiary alicyclic amines) is 1. The summed E-state index contributed by atoms with van der Waals surface area (Å²) < 4.78 is 5.37. The molecule has 23 heavy (non-hydrogen) atoms. The first kappa shape index (κ1) is 17.3. The van der Waals surface area contributed by atoms with Crippen LogP contribution in [0.4, 0.5) is 4.79 Å². The van der Waals surface area contributed by atoms with Crippen molar-refractivity contribution < 1.29 is 14.3 Å². The summed E-state index contributed by atoms with van der Waals surface area (Å²) in [5.74, 6) is -0.0722. The third-order valence-corrected chi connectivity index (χ3v) is 4.14. The minimum Gasteiger partial charge on any atom is -0.445 e. The number of piperidine rings is 1. The molecule has 0 radical (unpaired) electrons. The maximum Gasteiger partial charge on any atom is 0.410 e. The average Bonchev–Trinajstić information content (AvgIpc) is 2.61. The van der Waals surface area contributed by atoms with Crippen molar-refractivity contribution in [1.82, 2.24) is 9.80 Å². The molecule has 1 heterocycles. The summed E-state index contributed by atoms with van der Waals surface area (Å²) in [6, 6.07) is 9.62. The Balaban J connectivity index is 1.89. The number of nitrogens with two attached hydrogens (primary N) is 1. The Morgan fingerprint density at radius 1 is 1.35 bits per heavy atom. The number of carbonyl (C=O) groups excluding carboxylic acids is 2. The molecule has 1 fully saturated rings. The zero-order chi connectivity index (χ0) is 16.7. The molecule has 1 unspecified atom stereocenters. The molecule has 2 amide bonds. The van der Waals surface area contributed by atoms with Crippen molar-refractivity contribution >= 4 is 12.0 Å². The lowest BCUT2D eigenvalue weighted by Gasteiger charge is -2.38. The number of carbonyl (C=O) groups is 2. The van der Waals surface area contributed by atoms with Gasteiger partial charge in [-0.1, -0.05) is 30.3 Å². The molecule has 1 saturated heterocycles. The first-order valence-electron chi connectivity index (χ1n) is 8.10. The van der Waals surface area contributed by atoms with Crippen LogP contribution in [-0.4, -0.2) is 54.0 Å². The predicted molar refractivity (Wildman–Crippen MR) is 87.7 cm³/mol. The Bertz CT molecular complexity index is 521. The lowest BCUT2D eigenvalue weighted by Crippen LogP contribution is -2.52. The summed E-state index contributed by atoms with van der Waals surface area (Å²) in [6.07, 6.45) is 1.43. The Hall–Kier alpha value is -2.08. The summed E-state index contributed by atoms with van der Waals surface area (Å²) in [5, 5.41) is 0. The molecule has 0 bridgehead atoms. The van der Waals surface area contributed by atoms with Crippen molar-refractivity contribution in [3.8, 4) is 0 Å². The highest BCUT2D eigenvalue weighted by Gasteiger charge is 2.29. The highest BCUT2D eigenvalue weighted by atomic mass is 16.6. The maximum atomic E-state index is 12.2. The highest BCUT2D eigenvalue weighted by molar-refractivity contribution is 5.78. The summed E-state index contributed by atoms with van der Waals surface area (Å²) >= 11 is 0. The molecule has 1 aliphatic heterocycles. The molecule has 0 aliphatic carbocycles. The van der Waals surface area contributed by atoms with Crippen LogP contribution in [0, 0.1) is 0 Å². The molecule has 0 aromatic heterocycles. The van der Waals surface area contributed by atoms with Gasteiger partial charge in [-0.25, -0.2) is 4.79 Å². The smallest absolute Gasteiger partial charge is 0.410 e. The van der Waals surface area contributed by atoms with Crippen LogP contribution in [0.15, 0.2) is 30.3 Å². The summed E-state index contributed by atoms with van der Waals surface area (Å²) in [6.45, 7) is 3.97. The molecular weight excluding hydrogens is 294 g/mol.